The van der Waals surface area contributed by atoms with Gasteiger partial charge < -0.3 is 10.6 Å². The van der Waals surface area contributed by atoms with Crippen LogP contribution < -0.4 is 5.73 Å². The summed E-state index contributed by atoms with van der Waals surface area (Å²) in [4.78, 5) is 14.6. The fraction of sp³-hybridized carbons (Fsp3) is 0.562. The Morgan fingerprint density at radius 1 is 1.25 bits per heavy atom. The van der Waals surface area contributed by atoms with Crippen molar-refractivity contribution in [2.75, 3.05) is 6.54 Å². The number of benzene rings is 1. The normalized spacial score (nSPS) is 22.9. The number of nitrogens with two attached hydrogens (primary N) is 1. The van der Waals surface area contributed by atoms with Crippen molar-refractivity contribution in [1.82, 2.24) is 4.90 Å². The van der Waals surface area contributed by atoms with Gasteiger partial charge >= 0.3 is 0 Å². The molecule has 1 aromatic rings. The molecule has 0 bridgehead atoms. The highest BCUT2D eigenvalue weighted by atomic mass is 35.5. The van der Waals surface area contributed by atoms with Gasteiger partial charge in [-0.2, -0.15) is 0 Å². The van der Waals surface area contributed by atoms with Gasteiger partial charge in [-0.3, -0.25) is 4.79 Å². The maximum absolute atomic E-state index is 12.6. The second-order valence-electron chi connectivity index (χ2n) is 5.74. The molecular weight excluding hydrogens is 272 g/mol. The molecule has 0 saturated carbocycles. The number of likely N-dealkylation sites (tertiary alicyclic amines) is 1. The molecule has 2 rings (SSSR count). The van der Waals surface area contributed by atoms with Crippen molar-refractivity contribution in [3.8, 4) is 0 Å². The van der Waals surface area contributed by atoms with Crippen molar-refractivity contribution < 1.29 is 4.79 Å². The maximum Gasteiger partial charge on any atom is 0.254 e. The van der Waals surface area contributed by atoms with Crippen LogP contribution in [0.5, 0.6) is 0 Å². The lowest BCUT2D eigenvalue weighted by Gasteiger charge is -2.28. The van der Waals surface area contributed by atoms with Crippen LogP contribution in [0, 0.1) is 5.92 Å². The SMILES string of the molecule is CC1CCCC(C)N(C(=O)c2ccc(CN)cc2)C1.Cl. The smallest absolute Gasteiger partial charge is 0.254 e. The van der Waals surface area contributed by atoms with Crippen LogP contribution in [0.1, 0.15) is 49.0 Å². The molecule has 3 nitrogen and oxygen atoms in total. The summed E-state index contributed by atoms with van der Waals surface area (Å²) in [5.41, 5.74) is 7.42. The Hall–Kier alpha value is -1.06. The Morgan fingerprint density at radius 3 is 2.50 bits per heavy atom. The topological polar surface area (TPSA) is 46.3 Å². The number of hydrogen-bond donors (Lipinski definition) is 1. The number of carbonyl (C=O) groups is 1. The number of hydrogen-bond acceptors (Lipinski definition) is 2. The molecule has 1 aliphatic heterocycles. The first kappa shape index (κ1) is 17.0. The van der Waals surface area contributed by atoms with E-state index in [-0.39, 0.29) is 18.3 Å². The number of amides is 1. The highest BCUT2D eigenvalue weighted by Gasteiger charge is 2.25. The van der Waals surface area contributed by atoms with Crippen molar-refractivity contribution in [3.05, 3.63) is 35.4 Å². The molecule has 1 fully saturated rings. The van der Waals surface area contributed by atoms with Gasteiger partial charge in [-0.05, 0) is 43.4 Å². The Balaban J connectivity index is 0.00000200. The molecule has 20 heavy (non-hydrogen) atoms. The monoisotopic (exact) mass is 296 g/mol. The molecule has 2 atom stereocenters. The predicted octanol–water partition coefficient (Wildman–Crippen LogP) is 3.22. The van der Waals surface area contributed by atoms with E-state index in [2.05, 4.69) is 13.8 Å². The molecule has 0 spiro atoms. The van der Waals surface area contributed by atoms with Crippen LogP contribution in [0.2, 0.25) is 0 Å². The fourth-order valence-electron chi connectivity index (χ4n) is 2.76. The third-order valence-corrected chi connectivity index (χ3v) is 4.06. The van der Waals surface area contributed by atoms with Gasteiger partial charge in [-0.1, -0.05) is 25.5 Å². The molecule has 1 heterocycles. The first-order valence-electron chi connectivity index (χ1n) is 7.21. The van der Waals surface area contributed by atoms with Gasteiger partial charge in [0.05, 0.1) is 0 Å². The highest BCUT2D eigenvalue weighted by Crippen LogP contribution is 2.22. The molecule has 4 heteroatoms. The number of nitrogens with zero attached hydrogens (tertiary/aromatic N) is 1. The zero-order valence-corrected chi connectivity index (χ0v) is 13.2. The van der Waals surface area contributed by atoms with Crippen LogP contribution in [0.3, 0.4) is 0 Å². The Bertz CT molecular complexity index is 433. The van der Waals surface area contributed by atoms with Crippen molar-refractivity contribution in [3.63, 3.8) is 0 Å². The maximum atomic E-state index is 12.6. The lowest BCUT2D eigenvalue weighted by molar-refractivity contribution is 0.0677. The molecule has 0 radical (unpaired) electrons. The van der Waals surface area contributed by atoms with Crippen LogP contribution in [0.4, 0.5) is 0 Å². The summed E-state index contributed by atoms with van der Waals surface area (Å²) in [6.07, 6.45) is 3.55. The average molecular weight is 297 g/mol. The summed E-state index contributed by atoms with van der Waals surface area (Å²) in [6, 6.07) is 8.02. The van der Waals surface area contributed by atoms with Crippen LogP contribution in [-0.2, 0) is 6.54 Å². The van der Waals surface area contributed by atoms with E-state index in [0.29, 0.717) is 18.5 Å². The van der Waals surface area contributed by atoms with Crippen molar-refractivity contribution in [2.24, 2.45) is 11.7 Å². The second-order valence-corrected chi connectivity index (χ2v) is 5.74. The summed E-state index contributed by atoms with van der Waals surface area (Å²) >= 11 is 0. The quantitative estimate of drug-likeness (QED) is 0.911. The third kappa shape index (κ3) is 3.97. The van der Waals surface area contributed by atoms with Gasteiger partial charge in [0.25, 0.3) is 5.91 Å². The second kappa shape index (κ2) is 7.65. The van der Waals surface area contributed by atoms with E-state index < -0.39 is 0 Å². The van der Waals surface area contributed by atoms with E-state index in [4.69, 9.17) is 5.73 Å². The van der Waals surface area contributed by atoms with E-state index in [1.807, 2.05) is 29.2 Å². The molecule has 2 unspecified atom stereocenters. The van der Waals surface area contributed by atoms with Gasteiger partial charge in [-0.25, -0.2) is 0 Å². The van der Waals surface area contributed by atoms with Crippen LogP contribution >= 0.6 is 12.4 Å². The van der Waals surface area contributed by atoms with Crippen molar-refractivity contribution in [2.45, 2.75) is 45.7 Å². The van der Waals surface area contributed by atoms with E-state index in [1.165, 1.54) is 12.8 Å². The van der Waals surface area contributed by atoms with E-state index in [9.17, 15) is 4.79 Å². The Kier molecular flexibility index (Phi) is 6.50. The molecule has 1 aromatic carbocycles. The summed E-state index contributed by atoms with van der Waals surface area (Å²) in [5, 5.41) is 0. The van der Waals surface area contributed by atoms with Gasteiger partial charge in [0.2, 0.25) is 0 Å². The molecule has 1 saturated heterocycles. The van der Waals surface area contributed by atoms with Gasteiger partial charge in [0.15, 0.2) is 0 Å². The zero-order chi connectivity index (χ0) is 13.8. The summed E-state index contributed by atoms with van der Waals surface area (Å²) in [6.45, 7) is 5.78. The van der Waals surface area contributed by atoms with Gasteiger partial charge in [0, 0.05) is 24.7 Å². The van der Waals surface area contributed by atoms with Gasteiger partial charge in [0.1, 0.15) is 0 Å². The Labute approximate surface area is 127 Å². The first-order valence-corrected chi connectivity index (χ1v) is 7.21. The number of halogens is 1. The molecule has 2 N–H and O–H groups in total. The molecule has 1 amide bonds. The summed E-state index contributed by atoms with van der Waals surface area (Å²) < 4.78 is 0. The average Bonchev–Trinajstić information content (AvgIpc) is 2.60. The largest absolute Gasteiger partial charge is 0.336 e. The van der Waals surface area contributed by atoms with Crippen molar-refractivity contribution >= 4 is 18.3 Å². The molecule has 0 aliphatic carbocycles. The van der Waals surface area contributed by atoms with E-state index in [0.717, 1.165) is 24.1 Å². The minimum atomic E-state index is 0. The van der Waals surface area contributed by atoms with E-state index in [1.54, 1.807) is 0 Å². The standard InChI is InChI=1S/C16H24N2O.ClH/c1-12-4-3-5-13(2)18(11-12)16(19)15-8-6-14(10-17)7-9-15;/h6-9,12-13H,3-5,10-11,17H2,1-2H3;1H. The first-order chi connectivity index (χ1) is 9.11. The zero-order valence-electron chi connectivity index (χ0n) is 12.3. The van der Waals surface area contributed by atoms with Crippen LogP contribution in [0.25, 0.3) is 0 Å². The summed E-state index contributed by atoms with van der Waals surface area (Å²) in [5.74, 6) is 0.752. The fourth-order valence-corrected chi connectivity index (χ4v) is 2.76. The summed E-state index contributed by atoms with van der Waals surface area (Å²) in [7, 11) is 0. The van der Waals surface area contributed by atoms with Crippen LogP contribution in [-0.4, -0.2) is 23.4 Å². The molecular formula is C16H25ClN2O. The van der Waals surface area contributed by atoms with Crippen LogP contribution in [0.15, 0.2) is 24.3 Å². The molecule has 0 aromatic heterocycles. The number of carbonyl (C=O) groups excluding carboxylic acids is 1. The number of rotatable bonds is 2. The molecule has 112 valence electrons. The minimum absolute atomic E-state index is 0. The highest BCUT2D eigenvalue weighted by molar-refractivity contribution is 5.94. The third-order valence-electron chi connectivity index (χ3n) is 4.06. The minimum Gasteiger partial charge on any atom is -0.336 e. The lowest BCUT2D eigenvalue weighted by Crippen LogP contribution is -2.39. The predicted molar refractivity (Wildman–Crippen MR) is 85.1 cm³/mol. The molecule has 1 aliphatic rings. The lowest BCUT2D eigenvalue weighted by atomic mass is 10.1. The Morgan fingerprint density at radius 2 is 1.90 bits per heavy atom. The van der Waals surface area contributed by atoms with E-state index >= 15 is 0 Å². The van der Waals surface area contributed by atoms with Gasteiger partial charge in [-0.15, -0.1) is 12.4 Å². The van der Waals surface area contributed by atoms with Crippen molar-refractivity contribution in [1.29, 1.82) is 0 Å².